The molecule has 0 radical (unpaired) electrons. The molecular weight excluding hydrogens is 264 g/mol. The first-order valence-electron chi connectivity index (χ1n) is 5.72. The maximum Gasteiger partial charge on any atom is 0.319 e. The number of aryl methyl sites for hydroxylation is 1. The number of hydrogen-bond donors (Lipinski definition) is 2. The lowest BCUT2D eigenvalue weighted by Crippen LogP contribution is -2.28. The molecule has 0 aliphatic rings. The van der Waals surface area contributed by atoms with Gasteiger partial charge in [-0.1, -0.05) is 23.7 Å². The summed E-state index contributed by atoms with van der Waals surface area (Å²) in [4.78, 5) is 19.7. The Balaban J connectivity index is 1.90. The van der Waals surface area contributed by atoms with Gasteiger partial charge in [0.25, 0.3) is 0 Å². The van der Waals surface area contributed by atoms with Crippen molar-refractivity contribution in [3.63, 3.8) is 0 Å². The molecule has 1 aromatic heterocycles. The number of urea groups is 1. The summed E-state index contributed by atoms with van der Waals surface area (Å²) in [5.74, 6) is 0. The summed E-state index contributed by atoms with van der Waals surface area (Å²) >= 11 is 5.94. The van der Waals surface area contributed by atoms with Crippen LogP contribution >= 0.6 is 11.6 Å². The standard InChI is InChI=1S/C13H13ClN4O/c1-9-6-10(17-8-16-9)7-15-13(19)18-12-5-3-2-4-11(12)14/h2-6,8H,7H2,1H3,(H2,15,18,19). The molecule has 2 N–H and O–H groups in total. The molecule has 0 fully saturated rings. The molecule has 0 aliphatic heterocycles. The number of nitrogens with zero attached hydrogens (tertiary/aromatic N) is 2. The summed E-state index contributed by atoms with van der Waals surface area (Å²) in [6.45, 7) is 2.20. The Morgan fingerprint density at radius 1 is 1.32 bits per heavy atom. The number of halogens is 1. The molecule has 0 saturated carbocycles. The average Bonchev–Trinajstić information content (AvgIpc) is 2.39. The Kier molecular flexibility index (Phi) is 4.30. The molecule has 0 spiro atoms. The SMILES string of the molecule is Cc1cc(CNC(=O)Nc2ccccc2Cl)ncn1. The third-order valence-corrected chi connectivity index (χ3v) is 2.74. The lowest BCUT2D eigenvalue weighted by atomic mass is 10.3. The first-order valence-corrected chi connectivity index (χ1v) is 6.10. The van der Waals surface area contributed by atoms with Crippen molar-refractivity contribution in [2.45, 2.75) is 13.5 Å². The molecule has 0 saturated heterocycles. The van der Waals surface area contributed by atoms with E-state index < -0.39 is 0 Å². The maximum atomic E-state index is 11.7. The highest BCUT2D eigenvalue weighted by Crippen LogP contribution is 2.19. The fraction of sp³-hybridized carbons (Fsp3) is 0.154. The minimum absolute atomic E-state index is 0.329. The topological polar surface area (TPSA) is 66.9 Å². The van der Waals surface area contributed by atoms with Gasteiger partial charge in [-0.3, -0.25) is 0 Å². The number of para-hydroxylation sites is 1. The first-order chi connectivity index (χ1) is 9.15. The Morgan fingerprint density at radius 3 is 2.84 bits per heavy atom. The van der Waals surface area contributed by atoms with Crippen molar-refractivity contribution in [1.29, 1.82) is 0 Å². The molecule has 19 heavy (non-hydrogen) atoms. The van der Waals surface area contributed by atoms with Gasteiger partial charge in [0.05, 0.1) is 22.9 Å². The van der Waals surface area contributed by atoms with Gasteiger partial charge in [-0.2, -0.15) is 0 Å². The third-order valence-electron chi connectivity index (χ3n) is 2.41. The predicted octanol–water partition coefficient (Wildman–Crippen LogP) is 2.76. The van der Waals surface area contributed by atoms with Crippen molar-refractivity contribution < 1.29 is 4.79 Å². The predicted molar refractivity (Wildman–Crippen MR) is 74.1 cm³/mol. The van der Waals surface area contributed by atoms with Crippen LogP contribution in [0.15, 0.2) is 36.7 Å². The van der Waals surface area contributed by atoms with E-state index in [0.717, 1.165) is 11.4 Å². The minimum Gasteiger partial charge on any atom is -0.332 e. The third kappa shape index (κ3) is 3.93. The van der Waals surface area contributed by atoms with Gasteiger partial charge in [-0.25, -0.2) is 14.8 Å². The van der Waals surface area contributed by atoms with Gasteiger partial charge in [0.15, 0.2) is 0 Å². The Labute approximate surface area is 116 Å². The van der Waals surface area contributed by atoms with E-state index in [1.807, 2.05) is 13.0 Å². The van der Waals surface area contributed by atoms with Crippen LogP contribution in [-0.4, -0.2) is 16.0 Å². The monoisotopic (exact) mass is 276 g/mol. The number of amides is 2. The molecule has 0 bridgehead atoms. The van der Waals surface area contributed by atoms with Gasteiger partial charge in [0, 0.05) is 5.69 Å². The number of carbonyl (C=O) groups excluding carboxylic acids is 1. The highest BCUT2D eigenvalue weighted by atomic mass is 35.5. The van der Waals surface area contributed by atoms with Crippen molar-refractivity contribution in [1.82, 2.24) is 15.3 Å². The van der Waals surface area contributed by atoms with Crippen LogP contribution < -0.4 is 10.6 Å². The second-order valence-corrected chi connectivity index (χ2v) is 4.35. The molecule has 1 heterocycles. The summed E-state index contributed by atoms with van der Waals surface area (Å²) in [7, 11) is 0. The van der Waals surface area contributed by atoms with E-state index in [1.54, 1.807) is 24.3 Å². The van der Waals surface area contributed by atoms with E-state index >= 15 is 0 Å². The largest absolute Gasteiger partial charge is 0.332 e. The van der Waals surface area contributed by atoms with Crippen molar-refractivity contribution in [3.8, 4) is 0 Å². The van der Waals surface area contributed by atoms with Gasteiger partial charge < -0.3 is 10.6 Å². The molecule has 6 heteroatoms. The number of aromatic nitrogens is 2. The Bertz CT molecular complexity index is 588. The van der Waals surface area contributed by atoms with Crippen LogP contribution in [0.1, 0.15) is 11.4 Å². The van der Waals surface area contributed by atoms with Crippen LogP contribution in [0, 0.1) is 6.92 Å². The molecule has 2 rings (SSSR count). The van der Waals surface area contributed by atoms with E-state index in [4.69, 9.17) is 11.6 Å². The average molecular weight is 277 g/mol. The van der Waals surface area contributed by atoms with Crippen LogP contribution in [0.4, 0.5) is 10.5 Å². The van der Waals surface area contributed by atoms with Crippen molar-refractivity contribution in [3.05, 3.63) is 53.1 Å². The van der Waals surface area contributed by atoms with E-state index in [2.05, 4.69) is 20.6 Å². The summed E-state index contributed by atoms with van der Waals surface area (Å²) < 4.78 is 0. The minimum atomic E-state index is -0.329. The van der Waals surface area contributed by atoms with Crippen molar-refractivity contribution in [2.24, 2.45) is 0 Å². The second kappa shape index (κ2) is 6.15. The van der Waals surface area contributed by atoms with Crippen LogP contribution in [-0.2, 0) is 6.54 Å². The second-order valence-electron chi connectivity index (χ2n) is 3.94. The van der Waals surface area contributed by atoms with Gasteiger partial charge in [-0.15, -0.1) is 0 Å². The fourth-order valence-electron chi connectivity index (χ4n) is 1.51. The van der Waals surface area contributed by atoms with E-state index in [1.165, 1.54) is 6.33 Å². The number of hydrogen-bond acceptors (Lipinski definition) is 3. The fourth-order valence-corrected chi connectivity index (χ4v) is 1.69. The molecule has 98 valence electrons. The highest BCUT2D eigenvalue weighted by molar-refractivity contribution is 6.33. The zero-order valence-corrected chi connectivity index (χ0v) is 11.1. The number of anilines is 1. The zero-order chi connectivity index (χ0) is 13.7. The maximum absolute atomic E-state index is 11.7. The van der Waals surface area contributed by atoms with Crippen molar-refractivity contribution >= 4 is 23.3 Å². The van der Waals surface area contributed by atoms with Crippen LogP contribution in [0.2, 0.25) is 5.02 Å². The van der Waals surface area contributed by atoms with Crippen LogP contribution in [0.3, 0.4) is 0 Å². The smallest absolute Gasteiger partial charge is 0.319 e. The summed E-state index contributed by atoms with van der Waals surface area (Å²) in [5, 5.41) is 5.87. The Hall–Kier alpha value is -2.14. The summed E-state index contributed by atoms with van der Waals surface area (Å²) in [6, 6.07) is 8.53. The highest BCUT2D eigenvalue weighted by Gasteiger charge is 2.05. The molecule has 0 aliphatic carbocycles. The summed E-state index contributed by atoms with van der Waals surface area (Å²) in [5.41, 5.74) is 2.18. The lowest BCUT2D eigenvalue weighted by molar-refractivity contribution is 0.251. The molecule has 1 aromatic carbocycles. The van der Waals surface area contributed by atoms with Gasteiger partial charge >= 0.3 is 6.03 Å². The molecule has 2 aromatic rings. The van der Waals surface area contributed by atoms with Gasteiger partial charge in [0.1, 0.15) is 6.33 Å². The van der Waals surface area contributed by atoms with E-state index in [-0.39, 0.29) is 6.03 Å². The number of rotatable bonds is 3. The molecule has 2 amide bonds. The molecule has 0 unspecified atom stereocenters. The number of benzene rings is 1. The van der Waals surface area contributed by atoms with Gasteiger partial charge in [0.2, 0.25) is 0 Å². The molecule has 5 nitrogen and oxygen atoms in total. The van der Waals surface area contributed by atoms with Gasteiger partial charge in [-0.05, 0) is 25.1 Å². The quantitative estimate of drug-likeness (QED) is 0.906. The molecular formula is C13H13ClN4O. The summed E-state index contributed by atoms with van der Waals surface area (Å²) in [6.07, 6.45) is 1.47. The Morgan fingerprint density at radius 2 is 2.11 bits per heavy atom. The van der Waals surface area contributed by atoms with E-state index in [9.17, 15) is 4.79 Å². The number of nitrogens with one attached hydrogen (secondary N) is 2. The number of carbonyl (C=O) groups is 1. The molecule has 0 atom stereocenters. The van der Waals surface area contributed by atoms with E-state index in [0.29, 0.717) is 17.3 Å². The zero-order valence-electron chi connectivity index (χ0n) is 10.4. The normalized spacial score (nSPS) is 10.0. The van der Waals surface area contributed by atoms with Crippen LogP contribution in [0.5, 0.6) is 0 Å². The van der Waals surface area contributed by atoms with Crippen molar-refractivity contribution in [2.75, 3.05) is 5.32 Å². The van der Waals surface area contributed by atoms with Crippen LogP contribution in [0.25, 0.3) is 0 Å². The lowest BCUT2D eigenvalue weighted by Gasteiger charge is -2.08. The first kappa shape index (κ1) is 13.3.